The fourth-order valence-electron chi connectivity index (χ4n) is 6.11. The maximum atomic E-state index is 13.2. The molecule has 1 N–H and O–H groups in total. The summed E-state index contributed by atoms with van der Waals surface area (Å²) in [6.45, 7) is 1.62. The summed E-state index contributed by atoms with van der Waals surface area (Å²) < 4.78 is 11.0. The van der Waals surface area contributed by atoms with Gasteiger partial charge in [-0.05, 0) is 85.5 Å². The molecule has 7 atom stereocenters. The van der Waals surface area contributed by atoms with Crippen LogP contribution in [-0.4, -0.2) is 35.8 Å². The van der Waals surface area contributed by atoms with Crippen molar-refractivity contribution in [2.24, 2.45) is 35.5 Å². The molecule has 3 fully saturated rings. The van der Waals surface area contributed by atoms with E-state index in [0.29, 0.717) is 29.0 Å². The number of imide groups is 1. The molecular formula is C27H26N2O5. The number of amides is 3. The molecular weight excluding hydrogens is 432 g/mol. The first-order chi connectivity index (χ1) is 16.5. The van der Waals surface area contributed by atoms with Gasteiger partial charge in [-0.15, -0.1) is 0 Å². The second kappa shape index (κ2) is 7.72. The van der Waals surface area contributed by atoms with Gasteiger partial charge in [-0.25, -0.2) is 0 Å². The van der Waals surface area contributed by atoms with E-state index in [1.54, 1.807) is 38.3 Å². The van der Waals surface area contributed by atoms with Gasteiger partial charge in [0.2, 0.25) is 17.7 Å². The number of anilines is 1. The number of likely N-dealkylation sites (tertiary alicyclic amines) is 1. The second-order valence-electron chi connectivity index (χ2n) is 9.67. The number of allylic oxidation sites excluding steroid dienone is 2. The lowest BCUT2D eigenvalue weighted by atomic mass is 9.63. The molecule has 174 valence electrons. The van der Waals surface area contributed by atoms with Gasteiger partial charge < -0.3 is 14.8 Å². The summed E-state index contributed by atoms with van der Waals surface area (Å²) >= 11 is 0. The number of nitrogens with zero attached hydrogens (tertiary/aromatic N) is 1. The van der Waals surface area contributed by atoms with Gasteiger partial charge in [-0.1, -0.05) is 12.2 Å². The fraction of sp³-hybridized carbons (Fsp3) is 0.370. The lowest BCUT2D eigenvalue weighted by molar-refractivity contribution is -0.146. The Kier molecular flexibility index (Phi) is 4.76. The van der Waals surface area contributed by atoms with Crippen LogP contribution in [0.4, 0.5) is 5.69 Å². The zero-order valence-electron chi connectivity index (χ0n) is 19.0. The molecule has 1 saturated heterocycles. The quantitative estimate of drug-likeness (QED) is 0.525. The monoisotopic (exact) mass is 458 g/mol. The summed E-state index contributed by atoms with van der Waals surface area (Å²) in [5, 5.41) is 2.83. The number of hydrogen-bond donors (Lipinski definition) is 1. The first-order valence-corrected chi connectivity index (χ1v) is 11.7. The molecule has 2 aromatic rings. The Morgan fingerprint density at radius 1 is 0.882 bits per heavy atom. The molecule has 0 spiro atoms. The first-order valence-electron chi connectivity index (χ1n) is 11.7. The largest absolute Gasteiger partial charge is 0.497 e. The number of benzene rings is 2. The zero-order chi connectivity index (χ0) is 23.6. The average molecular weight is 459 g/mol. The molecule has 2 aromatic carbocycles. The van der Waals surface area contributed by atoms with Gasteiger partial charge in [0.05, 0.1) is 18.9 Å². The summed E-state index contributed by atoms with van der Waals surface area (Å²) in [4.78, 5) is 40.6. The van der Waals surface area contributed by atoms with Gasteiger partial charge >= 0.3 is 0 Å². The maximum absolute atomic E-state index is 13.2. The Labute approximate surface area is 197 Å². The molecule has 3 amide bonds. The summed E-state index contributed by atoms with van der Waals surface area (Å²) in [5.74, 6) is 2.05. The van der Waals surface area contributed by atoms with Crippen LogP contribution >= 0.6 is 0 Å². The van der Waals surface area contributed by atoms with Crippen LogP contribution in [0.1, 0.15) is 13.3 Å². The highest BCUT2D eigenvalue weighted by atomic mass is 16.5. The summed E-state index contributed by atoms with van der Waals surface area (Å²) in [6.07, 6.45) is 5.38. The number of carbonyl (C=O) groups excluding carboxylic acids is 3. The minimum Gasteiger partial charge on any atom is -0.497 e. The van der Waals surface area contributed by atoms with Crippen molar-refractivity contribution in [1.29, 1.82) is 0 Å². The van der Waals surface area contributed by atoms with Crippen molar-refractivity contribution < 1.29 is 23.9 Å². The molecule has 1 heterocycles. The molecule has 4 aliphatic carbocycles. The van der Waals surface area contributed by atoms with Crippen LogP contribution in [0, 0.1) is 35.5 Å². The number of nitrogens with one attached hydrogen (secondary N) is 1. The highest BCUT2D eigenvalue weighted by molar-refractivity contribution is 6.10. The average Bonchev–Trinajstić information content (AvgIpc) is 3.63. The van der Waals surface area contributed by atoms with Crippen LogP contribution in [0.2, 0.25) is 0 Å². The Balaban J connectivity index is 1.11. The smallest absolute Gasteiger partial charge is 0.247 e. The third-order valence-corrected chi connectivity index (χ3v) is 7.88. The topological polar surface area (TPSA) is 84.9 Å². The van der Waals surface area contributed by atoms with E-state index >= 15 is 0 Å². The molecule has 34 heavy (non-hydrogen) atoms. The highest BCUT2D eigenvalue weighted by Gasteiger charge is 2.67. The Morgan fingerprint density at radius 3 is 1.91 bits per heavy atom. The Bertz CT molecular complexity index is 1150. The van der Waals surface area contributed by atoms with Crippen molar-refractivity contribution >= 4 is 23.4 Å². The van der Waals surface area contributed by atoms with E-state index in [-0.39, 0.29) is 41.4 Å². The Morgan fingerprint density at radius 2 is 1.38 bits per heavy atom. The van der Waals surface area contributed by atoms with E-state index in [0.717, 1.165) is 12.2 Å². The molecule has 2 bridgehead atoms. The second-order valence-corrected chi connectivity index (χ2v) is 9.67. The summed E-state index contributed by atoms with van der Waals surface area (Å²) in [7, 11) is 1.61. The maximum Gasteiger partial charge on any atom is 0.247 e. The number of hydrogen-bond acceptors (Lipinski definition) is 5. The zero-order valence-corrected chi connectivity index (χ0v) is 19.0. The summed E-state index contributed by atoms with van der Waals surface area (Å²) in [6, 6.07) is 13.3. The van der Waals surface area contributed by atoms with Crippen LogP contribution < -0.4 is 14.8 Å². The third kappa shape index (κ3) is 3.22. The molecule has 5 aliphatic rings. The molecule has 2 saturated carbocycles. The number of carbonyl (C=O) groups is 3. The lowest BCUT2D eigenvalue weighted by Crippen LogP contribution is -2.46. The normalized spacial score (nSPS) is 31.1. The van der Waals surface area contributed by atoms with Crippen LogP contribution in [0.3, 0.4) is 0 Å². The van der Waals surface area contributed by atoms with E-state index in [4.69, 9.17) is 9.47 Å². The molecule has 7 unspecified atom stereocenters. The minimum atomic E-state index is -0.864. The number of methoxy groups -OCH3 is 1. The SMILES string of the molecule is COc1ccc(Oc2ccc(NC(=O)C(C)N3C(=O)C4C5C=CC(C6CC56)C4C3=O)cc2)cc1. The van der Waals surface area contributed by atoms with Crippen molar-refractivity contribution in [1.82, 2.24) is 4.90 Å². The van der Waals surface area contributed by atoms with Crippen molar-refractivity contribution in [3.8, 4) is 17.2 Å². The van der Waals surface area contributed by atoms with E-state index in [1.165, 1.54) is 4.90 Å². The molecule has 7 nitrogen and oxygen atoms in total. The molecule has 0 radical (unpaired) electrons. The Hall–Kier alpha value is -3.61. The van der Waals surface area contributed by atoms with E-state index in [2.05, 4.69) is 17.5 Å². The molecule has 7 rings (SSSR count). The van der Waals surface area contributed by atoms with Crippen molar-refractivity contribution in [2.75, 3.05) is 12.4 Å². The van der Waals surface area contributed by atoms with Gasteiger partial charge in [0, 0.05) is 5.69 Å². The predicted octanol–water partition coefficient (Wildman–Crippen LogP) is 3.87. The van der Waals surface area contributed by atoms with Crippen LogP contribution in [0.5, 0.6) is 17.2 Å². The van der Waals surface area contributed by atoms with Crippen LogP contribution in [0.25, 0.3) is 0 Å². The number of rotatable bonds is 6. The minimum absolute atomic E-state index is 0.148. The number of ether oxygens (including phenoxy) is 2. The van der Waals surface area contributed by atoms with E-state index in [9.17, 15) is 14.4 Å². The van der Waals surface area contributed by atoms with Gasteiger partial charge in [0.25, 0.3) is 0 Å². The predicted molar refractivity (Wildman–Crippen MR) is 124 cm³/mol. The molecule has 7 heteroatoms. The van der Waals surface area contributed by atoms with Gasteiger partial charge in [-0.3, -0.25) is 19.3 Å². The molecule has 0 aromatic heterocycles. The van der Waals surface area contributed by atoms with Gasteiger partial charge in [-0.2, -0.15) is 0 Å². The molecule has 1 aliphatic heterocycles. The van der Waals surface area contributed by atoms with E-state index in [1.807, 2.05) is 24.3 Å². The highest BCUT2D eigenvalue weighted by Crippen LogP contribution is 2.65. The van der Waals surface area contributed by atoms with Crippen molar-refractivity contribution in [2.45, 2.75) is 19.4 Å². The van der Waals surface area contributed by atoms with Crippen LogP contribution in [-0.2, 0) is 14.4 Å². The van der Waals surface area contributed by atoms with Gasteiger partial charge in [0.1, 0.15) is 23.3 Å². The van der Waals surface area contributed by atoms with Crippen LogP contribution in [0.15, 0.2) is 60.7 Å². The van der Waals surface area contributed by atoms with E-state index < -0.39 is 6.04 Å². The first kappa shape index (κ1) is 21.0. The van der Waals surface area contributed by atoms with Crippen molar-refractivity contribution in [3.05, 3.63) is 60.7 Å². The standard InChI is InChI=1S/C27H26N2O5/c1-14(29-26(31)23-19-11-12-20(22-13-21(19)22)24(23)27(29)32)25(30)28-15-3-5-17(6-4-15)34-18-9-7-16(33-2)8-10-18/h3-12,14,19-24H,13H2,1-2H3,(H,28,30). The van der Waals surface area contributed by atoms with Crippen molar-refractivity contribution in [3.63, 3.8) is 0 Å². The lowest BCUT2D eigenvalue weighted by Gasteiger charge is -2.37. The fourth-order valence-corrected chi connectivity index (χ4v) is 6.11. The third-order valence-electron chi connectivity index (χ3n) is 7.88. The summed E-state index contributed by atoms with van der Waals surface area (Å²) in [5.41, 5.74) is 0.568. The van der Waals surface area contributed by atoms with Gasteiger partial charge in [0.15, 0.2) is 0 Å².